The van der Waals surface area contributed by atoms with Crippen LogP contribution < -0.4 is 10.2 Å². The molecule has 1 aliphatic carbocycles. The van der Waals surface area contributed by atoms with E-state index in [4.69, 9.17) is 16.6 Å². The van der Waals surface area contributed by atoms with Gasteiger partial charge in [-0.1, -0.05) is 69.6 Å². The molecule has 2 heterocycles. The summed E-state index contributed by atoms with van der Waals surface area (Å²) in [5, 5.41) is 4.01. The number of fused-ring (bicyclic) bond motifs is 2. The zero-order chi connectivity index (χ0) is 32.6. The molecule has 6 heteroatoms. The largest absolute Gasteiger partial charge is 0.347 e. The molecule has 1 amide bonds. The van der Waals surface area contributed by atoms with E-state index in [0.29, 0.717) is 6.54 Å². The van der Waals surface area contributed by atoms with Crippen LogP contribution in [0.5, 0.6) is 0 Å². The molecular weight excluding hydrogens is 576 g/mol. The molecule has 5 nitrogen and oxygen atoms in total. The van der Waals surface area contributed by atoms with E-state index in [2.05, 4.69) is 120 Å². The number of carbonyl (C=O) groups is 1. The number of halogens is 1. The average Bonchev–Trinajstić information content (AvgIpc) is 3.39. The molecule has 2 aliphatic heterocycles. The van der Waals surface area contributed by atoms with Crippen LogP contribution >= 0.6 is 11.6 Å². The molecule has 2 aromatic carbocycles. The maximum Gasteiger partial charge on any atom is 0.279 e. The Kier molecular flexibility index (Phi) is 9.35. The first-order valence-corrected chi connectivity index (χ1v) is 16.9. The second kappa shape index (κ2) is 12.8. The molecular formula is C39H50ClN4O+. The number of allylic oxidation sites excluding steroid dienone is 8. The molecule has 3 aliphatic rings. The molecule has 0 aromatic heterocycles. The molecule has 45 heavy (non-hydrogen) atoms. The van der Waals surface area contributed by atoms with Crippen LogP contribution in [0.25, 0.3) is 0 Å². The molecule has 2 aromatic rings. The van der Waals surface area contributed by atoms with Crippen molar-refractivity contribution < 1.29 is 9.28 Å². The number of carbonyl (C=O) groups excluding carboxylic acids is 1. The van der Waals surface area contributed by atoms with Crippen molar-refractivity contribution in [1.82, 2.24) is 0 Å². The highest BCUT2D eigenvalue weighted by atomic mass is 35.5. The van der Waals surface area contributed by atoms with E-state index in [0.717, 1.165) is 76.6 Å². The van der Waals surface area contributed by atoms with E-state index >= 15 is 0 Å². The van der Waals surface area contributed by atoms with Gasteiger partial charge in [0.05, 0.1) is 31.0 Å². The Morgan fingerprint density at radius 2 is 1.67 bits per heavy atom. The van der Waals surface area contributed by atoms with Crippen LogP contribution in [0.15, 0.2) is 93.6 Å². The lowest BCUT2D eigenvalue weighted by Crippen LogP contribution is -2.51. The Hall–Kier alpha value is -3.41. The minimum atomic E-state index is -0.291. The fourth-order valence-electron chi connectivity index (χ4n) is 7.25. The maximum atomic E-state index is 13.0. The minimum Gasteiger partial charge on any atom is -0.347 e. The van der Waals surface area contributed by atoms with Crippen LogP contribution in [-0.2, 0) is 15.6 Å². The lowest BCUT2D eigenvalue weighted by molar-refractivity contribution is -0.915. The Bertz CT molecular complexity index is 1630. The first-order chi connectivity index (χ1) is 21.4. The molecule has 0 saturated heterocycles. The fourth-order valence-corrected chi connectivity index (χ4v) is 7.56. The first-order valence-electron chi connectivity index (χ1n) is 16.6. The third-order valence-corrected chi connectivity index (χ3v) is 11.1. The summed E-state index contributed by atoms with van der Waals surface area (Å²) in [7, 11) is 2.15. The van der Waals surface area contributed by atoms with Crippen molar-refractivity contribution in [3.05, 3.63) is 99.8 Å². The number of nitrogens with zero attached hydrogens (tertiary/aromatic N) is 3. The van der Waals surface area contributed by atoms with Gasteiger partial charge in [-0.3, -0.25) is 9.79 Å². The van der Waals surface area contributed by atoms with Gasteiger partial charge < -0.3 is 14.7 Å². The number of rotatable bonds is 9. The summed E-state index contributed by atoms with van der Waals surface area (Å²) in [5.74, 6) is 0.0587. The zero-order valence-electron chi connectivity index (χ0n) is 28.4. The molecule has 0 spiro atoms. The van der Waals surface area contributed by atoms with Crippen molar-refractivity contribution in [2.75, 3.05) is 43.4 Å². The van der Waals surface area contributed by atoms with Crippen molar-refractivity contribution >= 4 is 40.3 Å². The van der Waals surface area contributed by atoms with E-state index in [9.17, 15) is 4.79 Å². The van der Waals surface area contributed by atoms with Gasteiger partial charge in [0.1, 0.15) is 0 Å². The topological polar surface area (TPSA) is 44.7 Å². The number of hydrogen-bond acceptors (Lipinski definition) is 3. The van der Waals surface area contributed by atoms with Gasteiger partial charge in [-0.15, -0.1) is 0 Å². The highest BCUT2D eigenvalue weighted by Crippen LogP contribution is 2.47. The normalized spacial score (nSPS) is 20.6. The van der Waals surface area contributed by atoms with Crippen LogP contribution in [0.4, 0.5) is 17.1 Å². The van der Waals surface area contributed by atoms with Crippen molar-refractivity contribution in [3.63, 3.8) is 0 Å². The molecule has 0 fully saturated rings. The SMILES string of the molecule is CC[N+](CC)(CC)CC(=O)Nc1ccc2c(c1)C(C)(C)C(/C=C/C1=C(Cl)C(=C/C=C3/N(C)c4ccccc4C3(C)C)/CCC1)=N2. The Morgan fingerprint density at radius 3 is 2.36 bits per heavy atom. The third kappa shape index (κ3) is 6.22. The van der Waals surface area contributed by atoms with Crippen molar-refractivity contribution in [2.45, 2.75) is 78.6 Å². The highest BCUT2D eigenvalue weighted by Gasteiger charge is 2.38. The predicted molar refractivity (Wildman–Crippen MR) is 192 cm³/mol. The second-order valence-corrected chi connectivity index (χ2v) is 14.2. The van der Waals surface area contributed by atoms with E-state index in [1.165, 1.54) is 22.5 Å². The van der Waals surface area contributed by atoms with E-state index < -0.39 is 0 Å². The number of benzene rings is 2. The molecule has 5 rings (SSSR count). The Balaban J connectivity index is 1.33. The molecule has 238 valence electrons. The number of likely N-dealkylation sites (N-methyl/N-ethyl adjacent to an activating group) is 2. The number of quaternary nitrogens is 1. The number of para-hydroxylation sites is 1. The average molecular weight is 626 g/mol. The highest BCUT2D eigenvalue weighted by molar-refractivity contribution is 6.32. The van der Waals surface area contributed by atoms with Crippen LogP contribution in [0.3, 0.4) is 0 Å². The van der Waals surface area contributed by atoms with Crippen molar-refractivity contribution in [3.8, 4) is 0 Å². The predicted octanol–water partition coefficient (Wildman–Crippen LogP) is 9.34. The summed E-state index contributed by atoms with van der Waals surface area (Å²) < 4.78 is 0.788. The maximum absolute atomic E-state index is 13.0. The molecule has 0 saturated carbocycles. The van der Waals surface area contributed by atoms with Crippen LogP contribution in [0, 0.1) is 0 Å². The van der Waals surface area contributed by atoms with Gasteiger partial charge in [0.25, 0.3) is 5.91 Å². The first kappa shape index (κ1) is 33.0. The van der Waals surface area contributed by atoms with Crippen LogP contribution in [-0.4, -0.2) is 49.3 Å². The van der Waals surface area contributed by atoms with Gasteiger partial charge in [-0.25, -0.2) is 0 Å². The van der Waals surface area contributed by atoms with E-state index in [1.807, 2.05) is 12.1 Å². The number of anilines is 2. The molecule has 0 bridgehead atoms. The minimum absolute atomic E-state index is 0.0587. The standard InChI is InChI=1S/C39H49ClN4O/c1-9-44(10-2,11-3)26-36(45)41-29-21-22-32-31(25-29)38(4,5)34(42-32)23-19-27-15-14-16-28(37(27)40)20-24-35-39(6,7)30-17-12-13-18-33(30)43(35)8/h12-13,17-25H,9-11,14-16,26H2,1-8H3/p+1/b23-19+,28-20+,35-24+. The second-order valence-electron chi connectivity index (χ2n) is 13.8. The van der Waals surface area contributed by atoms with Gasteiger partial charge in [0, 0.05) is 40.0 Å². The zero-order valence-corrected chi connectivity index (χ0v) is 29.2. The lowest BCUT2D eigenvalue weighted by atomic mass is 9.81. The molecule has 1 N–H and O–H groups in total. The van der Waals surface area contributed by atoms with Gasteiger partial charge >= 0.3 is 0 Å². The number of hydrogen-bond donors (Lipinski definition) is 1. The number of nitrogens with one attached hydrogen (secondary N) is 1. The fraction of sp³-hybridized carbons (Fsp3) is 0.436. The smallest absolute Gasteiger partial charge is 0.279 e. The Morgan fingerprint density at radius 1 is 0.956 bits per heavy atom. The molecule has 0 radical (unpaired) electrons. The van der Waals surface area contributed by atoms with E-state index in [-0.39, 0.29) is 16.7 Å². The van der Waals surface area contributed by atoms with Crippen LogP contribution in [0.2, 0.25) is 0 Å². The van der Waals surface area contributed by atoms with Crippen LogP contribution in [0.1, 0.15) is 78.9 Å². The Labute approximate surface area is 275 Å². The quantitative estimate of drug-likeness (QED) is 0.282. The lowest BCUT2D eigenvalue weighted by Gasteiger charge is -2.34. The van der Waals surface area contributed by atoms with Gasteiger partial charge in [-0.2, -0.15) is 0 Å². The van der Waals surface area contributed by atoms with Gasteiger partial charge in [-0.05, 0) is 98.7 Å². The third-order valence-electron chi connectivity index (χ3n) is 10.6. The summed E-state index contributed by atoms with van der Waals surface area (Å²) in [5.41, 5.74) is 9.79. The van der Waals surface area contributed by atoms with Crippen molar-refractivity contribution in [1.29, 1.82) is 0 Å². The summed E-state index contributed by atoms with van der Waals surface area (Å²) in [6.07, 6.45) is 11.8. The monoisotopic (exact) mass is 625 g/mol. The summed E-state index contributed by atoms with van der Waals surface area (Å²) in [6.45, 7) is 18.8. The summed E-state index contributed by atoms with van der Waals surface area (Å²) >= 11 is 7.06. The van der Waals surface area contributed by atoms with Gasteiger partial charge in [0.15, 0.2) is 6.54 Å². The summed E-state index contributed by atoms with van der Waals surface area (Å²) in [6, 6.07) is 14.7. The molecule has 0 atom stereocenters. The molecule has 0 unspecified atom stereocenters. The summed E-state index contributed by atoms with van der Waals surface area (Å²) in [4.78, 5) is 20.3. The van der Waals surface area contributed by atoms with Crippen molar-refractivity contribution in [2.24, 2.45) is 4.99 Å². The van der Waals surface area contributed by atoms with Gasteiger partial charge in [0.2, 0.25) is 0 Å². The number of amides is 1. The van der Waals surface area contributed by atoms with E-state index in [1.54, 1.807) is 0 Å². The number of aliphatic imine (C=N–C) groups is 1.